The molecule has 74 valence electrons. The number of fused-ring (bicyclic) bond motifs is 1. The van der Waals surface area contributed by atoms with Crippen molar-refractivity contribution in [3.05, 3.63) is 18.1 Å². The molecule has 5 heteroatoms. The number of rotatable bonds is 1. The van der Waals surface area contributed by atoms with Gasteiger partial charge in [-0.1, -0.05) is 0 Å². The number of hydrogen-bond donors (Lipinski definition) is 1. The Hall–Kier alpha value is -1.65. The molecule has 0 saturated carbocycles. The van der Waals surface area contributed by atoms with Crippen molar-refractivity contribution >= 4 is 11.8 Å². The highest BCUT2D eigenvalue weighted by Gasteiger charge is 2.26. The van der Waals surface area contributed by atoms with Gasteiger partial charge in [0.25, 0.3) is 0 Å². The van der Waals surface area contributed by atoms with Gasteiger partial charge in [0.1, 0.15) is 12.1 Å². The van der Waals surface area contributed by atoms with Crippen molar-refractivity contribution in [3.63, 3.8) is 0 Å². The summed E-state index contributed by atoms with van der Waals surface area (Å²) in [5.41, 5.74) is 0.959. The van der Waals surface area contributed by atoms with Crippen LogP contribution in [-0.4, -0.2) is 22.0 Å². The Balaban J connectivity index is 2.46. The van der Waals surface area contributed by atoms with Crippen LogP contribution in [0.15, 0.2) is 12.5 Å². The molecule has 2 rings (SSSR count). The zero-order valence-corrected chi connectivity index (χ0v) is 8.19. The first kappa shape index (κ1) is 8.93. The molecule has 0 bridgehead atoms. The number of aromatic nitrogens is 2. The summed E-state index contributed by atoms with van der Waals surface area (Å²) in [6.45, 7) is 4.42. The van der Waals surface area contributed by atoms with E-state index in [-0.39, 0.29) is 12.1 Å². The average Bonchev–Trinajstić information content (AvgIpc) is 2.17. The van der Waals surface area contributed by atoms with Gasteiger partial charge in [-0.15, -0.1) is 0 Å². The van der Waals surface area contributed by atoms with Crippen LogP contribution in [0.5, 0.6) is 0 Å². The predicted molar refractivity (Wildman–Crippen MR) is 51.9 cm³/mol. The first-order valence-corrected chi connectivity index (χ1v) is 4.56. The smallest absolute Gasteiger partial charge is 0.323 e. The molecule has 0 atom stereocenters. The van der Waals surface area contributed by atoms with E-state index in [9.17, 15) is 4.79 Å². The molecule has 0 aliphatic carbocycles. The maximum absolute atomic E-state index is 11.6. The second-order valence-electron chi connectivity index (χ2n) is 3.49. The van der Waals surface area contributed by atoms with E-state index < -0.39 is 0 Å². The van der Waals surface area contributed by atoms with Gasteiger partial charge in [0.2, 0.25) is 0 Å². The summed E-state index contributed by atoms with van der Waals surface area (Å²) in [5, 5.41) is 2.78. The van der Waals surface area contributed by atoms with Crippen LogP contribution < -0.4 is 10.2 Å². The van der Waals surface area contributed by atoms with E-state index in [1.54, 1.807) is 11.1 Å². The van der Waals surface area contributed by atoms with Gasteiger partial charge < -0.3 is 5.32 Å². The van der Waals surface area contributed by atoms with E-state index in [1.165, 1.54) is 6.33 Å². The molecule has 0 spiro atoms. The van der Waals surface area contributed by atoms with E-state index in [4.69, 9.17) is 0 Å². The number of anilines is 1. The normalized spacial score (nSPS) is 15.4. The lowest BCUT2D eigenvalue weighted by Crippen LogP contribution is -2.48. The molecule has 2 amide bonds. The standard InChI is InChI=1S/C9H12N4O/c1-6(2)13-8-7(3-10-5-12-8)4-11-9(13)14/h3,5-6H,4H2,1-2H3,(H,11,14). The minimum Gasteiger partial charge on any atom is -0.333 e. The number of amides is 2. The molecular formula is C9H12N4O. The van der Waals surface area contributed by atoms with Crippen LogP contribution in [0.3, 0.4) is 0 Å². The average molecular weight is 192 g/mol. The summed E-state index contributed by atoms with van der Waals surface area (Å²) < 4.78 is 0. The molecule has 0 saturated heterocycles. The summed E-state index contributed by atoms with van der Waals surface area (Å²) >= 11 is 0. The highest BCUT2D eigenvalue weighted by molar-refractivity contribution is 5.93. The molecule has 1 N–H and O–H groups in total. The molecule has 0 fully saturated rings. The SMILES string of the molecule is CC(C)N1C(=O)NCc2cncnc21. The van der Waals surface area contributed by atoms with Gasteiger partial charge in [0.15, 0.2) is 0 Å². The largest absolute Gasteiger partial charge is 0.333 e. The topological polar surface area (TPSA) is 58.1 Å². The zero-order valence-electron chi connectivity index (χ0n) is 8.19. The van der Waals surface area contributed by atoms with Crippen molar-refractivity contribution in [2.75, 3.05) is 4.90 Å². The Labute approximate surface area is 82.2 Å². The number of nitrogens with zero attached hydrogens (tertiary/aromatic N) is 3. The summed E-state index contributed by atoms with van der Waals surface area (Å²) in [6.07, 6.45) is 3.20. The fourth-order valence-corrected chi connectivity index (χ4v) is 1.52. The number of carbonyl (C=O) groups is 1. The van der Waals surface area contributed by atoms with E-state index >= 15 is 0 Å². The lowest BCUT2D eigenvalue weighted by atomic mass is 10.2. The summed E-state index contributed by atoms with van der Waals surface area (Å²) in [5.74, 6) is 0.721. The fraction of sp³-hybridized carbons (Fsp3) is 0.444. The van der Waals surface area contributed by atoms with Crippen LogP contribution in [-0.2, 0) is 6.54 Å². The lowest BCUT2D eigenvalue weighted by molar-refractivity contribution is 0.242. The third-order valence-electron chi connectivity index (χ3n) is 2.16. The van der Waals surface area contributed by atoms with Gasteiger partial charge in [0.05, 0.1) is 0 Å². The van der Waals surface area contributed by atoms with Crippen LogP contribution in [0.25, 0.3) is 0 Å². The van der Waals surface area contributed by atoms with Crippen molar-refractivity contribution in [1.82, 2.24) is 15.3 Å². The third kappa shape index (κ3) is 1.30. The molecule has 2 heterocycles. The van der Waals surface area contributed by atoms with Crippen LogP contribution in [0.1, 0.15) is 19.4 Å². The highest BCUT2D eigenvalue weighted by atomic mass is 16.2. The molecule has 14 heavy (non-hydrogen) atoms. The van der Waals surface area contributed by atoms with Crippen LogP contribution >= 0.6 is 0 Å². The molecule has 0 aromatic carbocycles. The number of hydrogen-bond acceptors (Lipinski definition) is 3. The maximum Gasteiger partial charge on any atom is 0.323 e. The van der Waals surface area contributed by atoms with Crippen LogP contribution in [0.2, 0.25) is 0 Å². The van der Waals surface area contributed by atoms with Crippen molar-refractivity contribution < 1.29 is 4.79 Å². The molecule has 0 radical (unpaired) electrons. The maximum atomic E-state index is 11.6. The van der Waals surface area contributed by atoms with Gasteiger partial charge in [-0.3, -0.25) is 4.90 Å². The van der Waals surface area contributed by atoms with Crippen LogP contribution in [0.4, 0.5) is 10.6 Å². The molecule has 1 aliphatic rings. The highest BCUT2D eigenvalue weighted by Crippen LogP contribution is 2.22. The van der Waals surface area contributed by atoms with E-state index in [0.29, 0.717) is 6.54 Å². The molecular weight excluding hydrogens is 180 g/mol. The Morgan fingerprint density at radius 3 is 3.07 bits per heavy atom. The summed E-state index contributed by atoms with van der Waals surface area (Å²) in [6, 6.07) is 0.00940. The van der Waals surface area contributed by atoms with Crippen molar-refractivity contribution in [2.45, 2.75) is 26.4 Å². The van der Waals surface area contributed by atoms with Gasteiger partial charge in [-0.05, 0) is 13.8 Å². The first-order chi connectivity index (χ1) is 6.70. The second-order valence-corrected chi connectivity index (χ2v) is 3.49. The minimum absolute atomic E-state index is 0.0915. The van der Waals surface area contributed by atoms with Crippen molar-refractivity contribution in [1.29, 1.82) is 0 Å². The van der Waals surface area contributed by atoms with Crippen molar-refractivity contribution in [2.24, 2.45) is 0 Å². The molecule has 1 aromatic rings. The Morgan fingerprint density at radius 2 is 2.36 bits per heavy atom. The predicted octanol–water partition coefficient (Wildman–Crippen LogP) is 0.915. The number of nitrogens with one attached hydrogen (secondary N) is 1. The number of urea groups is 1. The monoisotopic (exact) mass is 192 g/mol. The van der Waals surface area contributed by atoms with E-state index in [0.717, 1.165) is 11.4 Å². The third-order valence-corrected chi connectivity index (χ3v) is 2.16. The van der Waals surface area contributed by atoms with E-state index in [2.05, 4.69) is 15.3 Å². The lowest BCUT2D eigenvalue weighted by Gasteiger charge is -2.31. The summed E-state index contributed by atoms with van der Waals surface area (Å²) in [7, 11) is 0. The number of carbonyl (C=O) groups excluding carboxylic acids is 1. The second kappa shape index (κ2) is 3.25. The minimum atomic E-state index is -0.0915. The quantitative estimate of drug-likeness (QED) is 0.719. The van der Waals surface area contributed by atoms with Gasteiger partial charge in [0, 0.05) is 24.3 Å². The van der Waals surface area contributed by atoms with Gasteiger partial charge in [-0.2, -0.15) is 0 Å². The molecule has 1 aliphatic heterocycles. The van der Waals surface area contributed by atoms with Gasteiger partial charge >= 0.3 is 6.03 Å². The van der Waals surface area contributed by atoms with E-state index in [1.807, 2.05) is 13.8 Å². The van der Waals surface area contributed by atoms with Gasteiger partial charge in [-0.25, -0.2) is 14.8 Å². The van der Waals surface area contributed by atoms with Crippen LogP contribution in [0, 0.1) is 0 Å². The molecule has 5 nitrogen and oxygen atoms in total. The Kier molecular flexibility index (Phi) is 2.07. The van der Waals surface area contributed by atoms with Crippen molar-refractivity contribution in [3.8, 4) is 0 Å². The Bertz CT molecular complexity index is 364. The molecule has 0 unspecified atom stereocenters. The zero-order chi connectivity index (χ0) is 10.1. The first-order valence-electron chi connectivity index (χ1n) is 4.56. The summed E-state index contributed by atoms with van der Waals surface area (Å²) in [4.78, 5) is 21.2. The Morgan fingerprint density at radius 1 is 1.57 bits per heavy atom. The fourth-order valence-electron chi connectivity index (χ4n) is 1.52. The molecule has 1 aromatic heterocycles.